The lowest BCUT2D eigenvalue weighted by atomic mass is 9.82. The first-order valence-electron chi connectivity index (χ1n) is 4.97. The lowest BCUT2D eigenvalue weighted by Gasteiger charge is -2.27. The zero-order chi connectivity index (χ0) is 9.26. The van der Waals surface area contributed by atoms with E-state index in [0.29, 0.717) is 16.8 Å². The zero-order valence-corrected chi connectivity index (χ0v) is 9.26. The number of hydrogen-bond acceptors (Lipinski definition) is 3. The van der Waals surface area contributed by atoms with Crippen LogP contribution in [0.5, 0.6) is 0 Å². The number of hydrogen-bond donors (Lipinski definition) is 2. The van der Waals surface area contributed by atoms with Gasteiger partial charge in [0.1, 0.15) is 0 Å². The van der Waals surface area contributed by atoms with Crippen molar-refractivity contribution in [3.63, 3.8) is 0 Å². The summed E-state index contributed by atoms with van der Waals surface area (Å²) in [5.41, 5.74) is 10.3. The van der Waals surface area contributed by atoms with Crippen molar-refractivity contribution in [2.45, 2.75) is 36.6 Å². The van der Waals surface area contributed by atoms with Crippen molar-refractivity contribution in [1.29, 1.82) is 0 Å². The van der Waals surface area contributed by atoms with Gasteiger partial charge in [0.15, 0.2) is 0 Å². The number of hydrazone groups is 1. The lowest BCUT2D eigenvalue weighted by molar-refractivity contribution is 0.387. The highest BCUT2D eigenvalue weighted by Crippen LogP contribution is 2.28. The van der Waals surface area contributed by atoms with Gasteiger partial charge < -0.3 is 11.2 Å². The molecule has 1 heterocycles. The molecular weight excluding hydrogens is 230 g/mol. The summed E-state index contributed by atoms with van der Waals surface area (Å²) in [5.74, 6) is 0.614. The molecule has 3 N–H and O–H groups in total. The van der Waals surface area contributed by atoms with Crippen molar-refractivity contribution in [2.75, 3.05) is 6.54 Å². The molecule has 74 valence electrons. The smallest absolute Gasteiger partial charge is 0.0738 e. The summed E-state index contributed by atoms with van der Waals surface area (Å²) >= 11 is 3.63. The molecule has 13 heavy (non-hydrogen) atoms. The Morgan fingerprint density at radius 1 is 1.46 bits per heavy atom. The van der Waals surface area contributed by atoms with E-state index in [1.54, 1.807) is 0 Å². The molecule has 0 aromatic carbocycles. The number of nitrogens with one attached hydrogen (secondary N) is 1. The molecule has 1 saturated carbocycles. The van der Waals surface area contributed by atoms with E-state index in [9.17, 15) is 0 Å². The SMILES string of the molecule is NC1CCCC(C2=NNCC2Br)C1. The first-order valence-corrected chi connectivity index (χ1v) is 5.89. The maximum absolute atomic E-state index is 5.95. The third kappa shape index (κ3) is 2.05. The highest BCUT2D eigenvalue weighted by atomic mass is 79.9. The first-order chi connectivity index (χ1) is 6.27. The van der Waals surface area contributed by atoms with E-state index in [-0.39, 0.29) is 0 Å². The molecule has 0 aromatic rings. The van der Waals surface area contributed by atoms with Crippen LogP contribution in [0.3, 0.4) is 0 Å². The van der Waals surface area contributed by atoms with E-state index < -0.39 is 0 Å². The van der Waals surface area contributed by atoms with Crippen LogP contribution in [0.15, 0.2) is 5.10 Å². The Morgan fingerprint density at radius 2 is 2.31 bits per heavy atom. The summed E-state index contributed by atoms with van der Waals surface area (Å²) < 4.78 is 0. The van der Waals surface area contributed by atoms with Crippen LogP contribution in [0.4, 0.5) is 0 Å². The number of alkyl halides is 1. The number of nitrogens with zero attached hydrogens (tertiary/aromatic N) is 1. The first kappa shape index (κ1) is 9.46. The summed E-state index contributed by atoms with van der Waals surface area (Å²) in [5, 5.41) is 4.34. The van der Waals surface area contributed by atoms with Crippen LogP contribution in [-0.4, -0.2) is 23.1 Å². The third-order valence-corrected chi connectivity index (χ3v) is 3.73. The van der Waals surface area contributed by atoms with Gasteiger partial charge in [-0.15, -0.1) is 0 Å². The molecule has 1 fully saturated rings. The van der Waals surface area contributed by atoms with Gasteiger partial charge >= 0.3 is 0 Å². The Morgan fingerprint density at radius 3 is 2.92 bits per heavy atom. The van der Waals surface area contributed by atoms with Crippen LogP contribution in [-0.2, 0) is 0 Å². The summed E-state index contributed by atoms with van der Waals surface area (Å²) in [4.78, 5) is 0.433. The normalized spacial score (nSPS) is 39.8. The summed E-state index contributed by atoms with van der Waals surface area (Å²) in [6.07, 6.45) is 4.81. The topological polar surface area (TPSA) is 50.4 Å². The van der Waals surface area contributed by atoms with Crippen molar-refractivity contribution < 1.29 is 0 Å². The third-order valence-electron chi connectivity index (χ3n) is 2.93. The van der Waals surface area contributed by atoms with Gasteiger partial charge in [-0.2, -0.15) is 5.10 Å². The number of nitrogens with two attached hydrogens (primary N) is 1. The van der Waals surface area contributed by atoms with Gasteiger partial charge in [-0.1, -0.05) is 22.4 Å². The van der Waals surface area contributed by atoms with Crippen molar-refractivity contribution in [2.24, 2.45) is 16.8 Å². The second-order valence-corrected chi connectivity index (χ2v) is 5.10. The fourth-order valence-electron chi connectivity index (χ4n) is 2.23. The average molecular weight is 246 g/mol. The Balaban J connectivity index is 1.99. The van der Waals surface area contributed by atoms with Crippen molar-refractivity contribution in [3.05, 3.63) is 0 Å². The molecule has 3 nitrogen and oxygen atoms in total. The van der Waals surface area contributed by atoms with Crippen LogP contribution in [0.1, 0.15) is 25.7 Å². The summed E-state index contributed by atoms with van der Waals surface area (Å²) in [6, 6.07) is 0.391. The Kier molecular flexibility index (Phi) is 2.89. The lowest BCUT2D eigenvalue weighted by Crippen LogP contribution is -2.34. The van der Waals surface area contributed by atoms with Gasteiger partial charge in [0, 0.05) is 12.0 Å². The monoisotopic (exact) mass is 245 g/mol. The highest BCUT2D eigenvalue weighted by molar-refractivity contribution is 9.10. The van der Waals surface area contributed by atoms with Crippen LogP contribution in [0, 0.1) is 5.92 Å². The minimum Gasteiger partial charge on any atom is -0.328 e. The van der Waals surface area contributed by atoms with Crippen LogP contribution < -0.4 is 11.2 Å². The van der Waals surface area contributed by atoms with Crippen molar-refractivity contribution in [1.82, 2.24) is 5.43 Å². The molecule has 3 unspecified atom stereocenters. The predicted octanol–water partition coefficient (Wildman–Crippen LogP) is 1.23. The zero-order valence-electron chi connectivity index (χ0n) is 7.67. The average Bonchev–Trinajstić information content (AvgIpc) is 2.51. The maximum Gasteiger partial charge on any atom is 0.0738 e. The highest BCUT2D eigenvalue weighted by Gasteiger charge is 2.29. The van der Waals surface area contributed by atoms with Crippen LogP contribution in [0.2, 0.25) is 0 Å². The van der Waals surface area contributed by atoms with Gasteiger partial charge in [-0.25, -0.2) is 0 Å². The fourth-order valence-corrected chi connectivity index (χ4v) is 2.86. The van der Waals surface area contributed by atoms with Gasteiger partial charge in [0.25, 0.3) is 0 Å². The van der Waals surface area contributed by atoms with Crippen molar-refractivity contribution >= 4 is 21.6 Å². The van der Waals surface area contributed by atoms with E-state index in [1.807, 2.05) is 0 Å². The molecule has 2 rings (SSSR count). The second-order valence-electron chi connectivity index (χ2n) is 3.99. The molecule has 0 saturated heterocycles. The molecule has 0 spiro atoms. The molecule has 2 aliphatic rings. The van der Waals surface area contributed by atoms with Gasteiger partial charge in [-0.05, 0) is 19.3 Å². The molecule has 0 amide bonds. The Bertz CT molecular complexity index is 217. The maximum atomic E-state index is 5.95. The molecule has 0 radical (unpaired) electrons. The number of rotatable bonds is 1. The minimum absolute atomic E-state index is 0.391. The Labute approximate surface area is 87.3 Å². The van der Waals surface area contributed by atoms with Gasteiger partial charge in [0.05, 0.1) is 17.1 Å². The fraction of sp³-hybridized carbons (Fsp3) is 0.889. The predicted molar refractivity (Wildman–Crippen MR) is 58.1 cm³/mol. The largest absolute Gasteiger partial charge is 0.328 e. The molecular formula is C9H16BrN3. The standard InChI is InChI=1S/C9H16BrN3/c10-8-5-12-13-9(8)6-2-1-3-7(11)4-6/h6-8,12H,1-5,11H2. The quantitative estimate of drug-likeness (QED) is 0.683. The van der Waals surface area contributed by atoms with Gasteiger partial charge in [-0.3, -0.25) is 0 Å². The molecule has 0 aromatic heterocycles. The van der Waals surface area contributed by atoms with E-state index in [4.69, 9.17) is 5.73 Å². The van der Waals surface area contributed by atoms with Crippen LogP contribution >= 0.6 is 15.9 Å². The summed E-state index contributed by atoms with van der Waals surface area (Å²) in [6.45, 7) is 0.932. The van der Waals surface area contributed by atoms with E-state index in [2.05, 4.69) is 26.5 Å². The molecule has 1 aliphatic carbocycles. The van der Waals surface area contributed by atoms with Crippen LogP contribution in [0.25, 0.3) is 0 Å². The second kappa shape index (κ2) is 3.96. The van der Waals surface area contributed by atoms with Crippen molar-refractivity contribution in [3.8, 4) is 0 Å². The number of halogens is 1. The molecule has 1 aliphatic heterocycles. The molecule has 4 heteroatoms. The Hall–Kier alpha value is -0.0900. The summed E-state index contributed by atoms with van der Waals surface area (Å²) in [7, 11) is 0. The van der Waals surface area contributed by atoms with E-state index in [0.717, 1.165) is 13.0 Å². The molecule has 3 atom stereocenters. The van der Waals surface area contributed by atoms with Gasteiger partial charge in [0.2, 0.25) is 0 Å². The van der Waals surface area contributed by atoms with E-state index in [1.165, 1.54) is 25.0 Å². The molecule has 0 bridgehead atoms. The minimum atomic E-state index is 0.391. The van der Waals surface area contributed by atoms with E-state index >= 15 is 0 Å².